The predicted octanol–water partition coefficient (Wildman–Crippen LogP) is 3.45. The predicted molar refractivity (Wildman–Crippen MR) is 63.1 cm³/mol. The maximum atomic E-state index is 5.81. The minimum Gasteiger partial charge on any atom is -0.299 e. The van der Waals surface area contributed by atoms with Crippen molar-refractivity contribution in [1.29, 1.82) is 0 Å². The largest absolute Gasteiger partial charge is 0.299 e. The van der Waals surface area contributed by atoms with E-state index in [1.54, 1.807) is 0 Å². The Balaban J connectivity index is 2.64. The van der Waals surface area contributed by atoms with Gasteiger partial charge in [-0.25, -0.2) is 0 Å². The number of rotatable bonds is 4. The lowest BCUT2D eigenvalue weighted by molar-refractivity contribution is 0.414. The van der Waals surface area contributed by atoms with Gasteiger partial charge in [-0.3, -0.25) is 5.32 Å². The highest BCUT2D eigenvalue weighted by atomic mass is 35.5. The number of nitrogens with one attached hydrogen (secondary N) is 1. The topological polar surface area (TPSA) is 12.0 Å². The summed E-state index contributed by atoms with van der Waals surface area (Å²) < 4.78 is 0. The molecule has 78 valence electrons. The van der Waals surface area contributed by atoms with Gasteiger partial charge >= 0.3 is 0 Å². The van der Waals surface area contributed by atoms with Crippen molar-refractivity contribution >= 4 is 23.2 Å². The highest BCUT2D eigenvalue weighted by molar-refractivity contribution is 6.30. The van der Waals surface area contributed by atoms with E-state index in [9.17, 15) is 0 Å². The van der Waals surface area contributed by atoms with Crippen molar-refractivity contribution in [3.63, 3.8) is 0 Å². The van der Waals surface area contributed by atoms with Crippen LogP contribution in [0, 0.1) is 0 Å². The Kier molecular flexibility index (Phi) is 4.24. The number of alkyl halides is 1. The van der Waals surface area contributed by atoms with Crippen LogP contribution in [0.25, 0.3) is 0 Å². The van der Waals surface area contributed by atoms with Crippen molar-refractivity contribution in [2.45, 2.75) is 25.8 Å². The molecule has 0 unspecified atom stereocenters. The number of halogens is 2. The third kappa shape index (κ3) is 3.87. The number of hydrogen-bond acceptors (Lipinski definition) is 1. The summed E-state index contributed by atoms with van der Waals surface area (Å²) in [5.41, 5.74) is 1.28. The number of hydrogen-bond donors (Lipinski definition) is 1. The van der Waals surface area contributed by atoms with E-state index < -0.39 is 0 Å². The molecular formula is C11H15Cl2N. The van der Waals surface area contributed by atoms with Gasteiger partial charge in [0.1, 0.15) is 0 Å². The van der Waals surface area contributed by atoms with Crippen LogP contribution in [-0.4, -0.2) is 11.5 Å². The second kappa shape index (κ2) is 5.01. The Morgan fingerprint density at radius 3 is 2.29 bits per heavy atom. The molecule has 0 radical (unpaired) electrons. The molecule has 0 aliphatic heterocycles. The van der Waals surface area contributed by atoms with Crippen LogP contribution in [0.15, 0.2) is 24.3 Å². The van der Waals surface area contributed by atoms with E-state index in [0.29, 0.717) is 6.00 Å². The lowest BCUT2D eigenvalue weighted by Crippen LogP contribution is -2.40. The Hall–Kier alpha value is -0.240. The van der Waals surface area contributed by atoms with Crippen molar-refractivity contribution in [3.05, 3.63) is 34.9 Å². The van der Waals surface area contributed by atoms with Crippen LogP contribution in [0.1, 0.15) is 19.4 Å². The molecule has 1 N–H and O–H groups in total. The van der Waals surface area contributed by atoms with E-state index in [1.807, 2.05) is 24.3 Å². The molecule has 1 rings (SSSR count). The summed E-state index contributed by atoms with van der Waals surface area (Å²) in [6, 6.07) is 8.38. The van der Waals surface area contributed by atoms with Gasteiger partial charge in [0, 0.05) is 10.6 Å². The first-order chi connectivity index (χ1) is 6.53. The van der Waals surface area contributed by atoms with E-state index in [-0.39, 0.29) is 5.54 Å². The standard InChI is InChI=1S/C11H15Cl2N/c1-11(2,14-8-12)7-9-3-5-10(13)6-4-9/h3-6,14H,7-8H2,1-2H3. The van der Waals surface area contributed by atoms with Crippen LogP contribution in [0.5, 0.6) is 0 Å². The first-order valence-corrected chi connectivity index (χ1v) is 5.50. The highest BCUT2D eigenvalue weighted by Crippen LogP contribution is 2.15. The Morgan fingerprint density at radius 1 is 1.21 bits per heavy atom. The van der Waals surface area contributed by atoms with Crippen LogP contribution >= 0.6 is 23.2 Å². The van der Waals surface area contributed by atoms with Crippen molar-refractivity contribution in [2.75, 3.05) is 6.00 Å². The average Bonchev–Trinajstić information content (AvgIpc) is 2.08. The normalized spacial score (nSPS) is 11.7. The molecule has 14 heavy (non-hydrogen) atoms. The van der Waals surface area contributed by atoms with Crippen LogP contribution in [0.3, 0.4) is 0 Å². The summed E-state index contributed by atoms with van der Waals surface area (Å²) in [6.07, 6.45) is 0.941. The van der Waals surface area contributed by atoms with Crippen molar-refractivity contribution in [1.82, 2.24) is 5.32 Å². The zero-order valence-electron chi connectivity index (χ0n) is 8.48. The van der Waals surface area contributed by atoms with Crippen LogP contribution < -0.4 is 5.32 Å². The minimum absolute atomic E-state index is 0.0234. The quantitative estimate of drug-likeness (QED) is 0.619. The van der Waals surface area contributed by atoms with Crippen LogP contribution in [0.4, 0.5) is 0 Å². The van der Waals surface area contributed by atoms with Gasteiger partial charge < -0.3 is 0 Å². The van der Waals surface area contributed by atoms with Crippen molar-refractivity contribution in [2.24, 2.45) is 0 Å². The van der Waals surface area contributed by atoms with Gasteiger partial charge in [-0.05, 0) is 38.0 Å². The number of benzene rings is 1. The summed E-state index contributed by atoms with van der Waals surface area (Å²) in [6.45, 7) is 4.26. The molecule has 0 saturated carbocycles. The zero-order valence-corrected chi connectivity index (χ0v) is 9.99. The molecule has 0 spiro atoms. The summed E-state index contributed by atoms with van der Waals surface area (Å²) in [5.74, 6) is 0. The molecule has 0 aliphatic rings. The molecular weight excluding hydrogens is 217 g/mol. The molecule has 0 aromatic heterocycles. The SMILES string of the molecule is CC(C)(Cc1ccc(Cl)cc1)NCCl. The molecule has 0 saturated heterocycles. The monoisotopic (exact) mass is 231 g/mol. The molecule has 0 fully saturated rings. The molecule has 0 atom stereocenters. The molecule has 1 aromatic carbocycles. The molecule has 0 bridgehead atoms. The smallest absolute Gasteiger partial charge is 0.0717 e. The summed E-state index contributed by atoms with van der Waals surface area (Å²) >= 11 is 11.5. The van der Waals surface area contributed by atoms with Crippen molar-refractivity contribution in [3.8, 4) is 0 Å². The molecule has 0 aliphatic carbocycles. The van der Waals surface area contributed by atoms with Crippen LogP contribution in [0.2, 0.25) is 5.02 Å². The fourth-order valence-corrected chi connectivity index (χ4v) is 1.84. The first-order valence-electron chi connectivity index (χ1n) is 4.59. The Labute approximate surface area is 95.4 Å². The molecule has 0 heterocycles. The fourth-order valence-electron chi connectivity index (χ4n) is 1.36. The third-order valence-electron chi connectivity index (χ3n) is 2.10. The highest BCUT2D eigenvalue weighted by Gasteiger charge is 2.16. The third-order valence-corrected chi connectivity index (χ3v) is 2.49. The van der Waals surface area contributed by atoms with Gasteiger partial charge in [0.2, 0.25) is 0 Å². The van der Waals surface area contributed by atoms with Gasteiger partial charge in [0.15, 0.2) is 0 Å². The van der Waals surface area contributed by atoms with E-state index in [4.69, 9.17) is 23.2 Å². The molecule has 0 amide bonds. The zero-order chi connectivity index (χ0) is 10.6. The van der Waals surface area contributed by atoms with E-state index >= 15 is 0 Å². The van der Waals surface area contributed by atoms with E-state index in [2.05, 4.69) is 19.2 Å². The van der Waals surface area contributed by atoms with Crippen molar-refractivity contribution < 1.29 is 0 Å². The van der Waals surface area contributed by atoms with Gasteiger partial charge in [-0.2, -0.15) is 0 Å². The minimum atomic E-state index is 0.0234. The van der Waals surface area contributed by atoms with Gasteiger partial charge in [0.25, 0.3) is 0 Å². The second-order valence-electron chi connectivity index (χ2n) is 4.00. The van der Waals surface area contributed by atoms with Gasteiger partial charge in [-0.1, -0.05) is 23.7 Å². The summed E-state index contributed by atoms with van der Waals surface area (Å²) in [4.78, 5) is 0. The van der Waals surface area contributed by atoms with Gasteiger partial charge in [-0.15, -0.1) is 11.6 Å². The van der Waals surface area contributed by atoms with E-state index in [0.717, 1.165) is 11.4 Å². The average molecular weight is 232 g/mol. The maximum Gasteiger partial charge on any atom is 0.0717 e. The van der Waals surface area contributed by atoms with E-state index in [1.165, 1.54) is 5.56 Å². The molecule has 1 aromatic rings. The maximum absolute atomic E-state index is 5.81. The summed E-state index contributed by atoms with van der Waals surface area (Å²) in [5, 5.41) is 3.99. The van der Waals surface area contributed by atoms with Gasteiger partial charge in [0.05, 0.1) is 6.00 Å². The molecule has 1 nitrogen and oxygen atoms in total. The second-order valence-corrected chi connectivity index (χ2v) is 4.70. The Bertz CT molecular complexity index is 280. The molecule has 3 heteroatoms. The summed E-state index contributed by atoms with van der Waals surface area (Å²) in [7, 11) is 0. The lowest BCUT2D eigenvalue weighted by atomic mass is 9.95. The first kappa shape index (κ1) is 11.8. The lowest BCUT2D eigenvalue weighted by Gasteiger charge is -2.25. The fraction of sp³-hybridized carbons (Fsp3) is 0.455. The Morgan fingerprint density at radius 2 is 1.79 bits per heavy atom. The van der Waals surface area contributed by atoms with Crippen LogP contribution in [-0.2, 0) is 6.42 Å².